The molecule has 0 aliphatic heterocycles. The molecule has 1 saturated carbocycles. The minimum Gasteiger partial charge on any atom is -0.295 e. The summed E-state index contributed by atoms with van der Waals surface area (Å²) in [6.07, 6.45) is 9.64. The molecule has 0 heterocycles. The summed E-state index contributed by atoms with van der Waals surface area (Å²) in [6.45, 7) is 0. The SMILES string of the molecule is O=C1C=C[C@H]2[C@H]1[C@@H]1C=C[C@H]2C1. The molecule has 3 rings (SSSR count). The van der Waals surface area contributed by atoms with Crippen LogP contribution >= 0.6 is 0 Å². The van der Waals surface area contributed by atoms with Crippen LogP contribution in [0.4, 0.5) is 0 Å². The van der Waals surface area contributed by atoms with Crippen molar-refractivity contribution in [2.24, 2.45) is 23.7 Å². The van der Waals surface area contributed by atoms with E-state index in [9.17, 15) is 4.79 Å². The fourth-order valence-corrected chi connectivity index (χ4v) is 2.84. The molecule has 1 heteroatoms. The van der Waals surface area contributed by atoms with Crippen LogP contribution in [0.3, 0.4) is 0 Å². The maximum atomic E-state index is 11.3. The molecular weight excluding hydrogens is 136 g/mol. The highest BCUT2D eigenvalue weighted by molar-refractivity contribution is 5.95. The fraction of sp³-hybridized carbons (Fsp3) is 0.500. The topological polar surface area (TPSA) is 17.1 Å². The van der Waals surface area contributed by atoms with Gasteiger partial charge in [-0.15, -0.1) is 0 Å². The molecular formula is C10H10O. The van der Waals surface area contributed by atoms with Gasteiger partial charge in [-0.25, -0.2) is 0 Å². The van der Waals surface area contributed by atoms with Crippen LogP contribution in [0.25, 0.3) is 0 Å². The van der Waals surface area contributed by atoms with Crippen molar-refractivity contribution in [2.75, 3.05) is 0 Å². The third-order valence-corrected chi connectivity index (χ3v) is 3.33. The predicted octanol–water partition coefficient (Wildman–Crippen LogP) is 1.56. The van der Waals surface area contributed by atoms with E-state index in [1.165, 1.54) is 6.42 Å². The van der Waals surface area contributed by atoms with Crippen molar-refractivity contribution in [3.63, 3.8) is 0 Å². The second kappa shape index (κ2) is 1.66. The van der Waals surface area contributed by atoms with Crippen molar-refractivity contribution >= 4 is 5.78 Å². The van der Waals surface area contributed by atoms with E-state index >= 15 is 0 Å². The van der Waals surface area contributed by atoms with Crippen molar-refractivity contribution < 1.29 is 4.79 Å². The average molecular weight is 146 g/mol. The van der Waals surface area contributed by atoms with Gasteiger partial charge in [0.15, 0.2) is 5.78 Å². The van der Waals surface area contributed by atoms with Crippen LogP contribution in [-0.2, 0) is 4.79 Å². The monoisotopic (exact) mass is 146 g/mol. The molecule has 0 spiro atoms. The Morgan fingerprint density at radius 1 is 1.18 bits per heavy atom. The van der Waals surface area contributed by atoms with E-state index in [0.29, 0.717) is 29.5 Å². The van der Waals surface area contributed by atoms with E-state index in [1.807, 2.05) is 0 Å². The van der Waals surface area contributed by atoms with E-state index in [1.54, 1.807) is 6.08 Å². The second-order valence-electron chi connectivity index (χ2n) is 3.81. The lowest BCUT2D eigenvalue weighted by atomic mass is 9.85. The molecule has 0 saturated heterocycles. The highest BCUT2D eigenvalue weighted by Crippen LogP contribution is 2.51. The molecule has 0 amide bonds. The Balaban J connectivity index is 2.08. The summed E-state index contributed by atoms with van der Waals surface area (Å²) >= 11 is 0. The number of allylic oxidation sites excluding steroid dienone is 4. The molecule has 0 aromatic rings. The summed E-state index contributed by atoms with van der Waals surface area (Å²) in [7, 11) is 0. The normalized spacial score (nSPS) is 50.7. The zero-order chi connectivity index (χ0) is 7.42. The van der Waals surface area contributed by atoms with Gasteiger partial charge in [0, 0.05) is 5.92 Å². The first-order valence-electron chi connectivity index (χ1n) is 4.26. The predicted molar refractivity (Wildman–Crippen MR) is 41.9 cm³/mol. The van der Waals surface area contributed by atoms with Crippen molar-refractivity contribution in [3.8, 4) is 0 Å². The van der Waals surface area contributed by atoms with Crippen LogP contribution in [0.2, 0.25) is 0 Å². The van der Waals surface area contributed by atoms with Crippen LogP contribution in [0, 0.1) is 23.7 Å². The molecule has 0 N–H and O–H groups in total. The Morgan fingerprint density at radius 3 is 2.82 bits per heavy atom. The third kappa shape index (κ3) is 0.550. The highest BCUT2D eigenvalue weighted by atomic mass is 16.1. The number of hydrogen-bond acceptors (Lipinski definition) is 1. The molecule has 0 radical (unpaired) electrons. The highest BCUT2D eigenvalue weighted by Gasteiger charge is 2.48. The molecule has 11 heavy (non-hydrogen) atoms. The van der Waals surface area contributed by atoms with Gasteiger partial charge in [-0.2, -0.15) is 0 Å². The van der Waals surface area contributed by atoms with Gasteiger partial charge in [0.05, 0.1) is 0 Å². The average Bonchev–Trinajstić information content (AvgIpc) is 2.60. The summed E-state index contributed by atoms with van der Waals surface area (Å²) in [5.74, 6) is 2.54. The number of carbonyl (C=O) groups excluding carboxylic acids is 1. The van der Waals surface area contributed by atoms with Crippen molar-refractivity contribution in [1.82, 2.24) is 0 Å². The number of ketones is 1. The molecule has 1 nitrogen and oxygen atoms in total. The number of rotatable bonds is 0. The number of fused-ring (bicyclic) bond motifs is 5. The number of hydrogen-bond donors (Lipinski definition) is 0. The second-order valence-corrected chi connectivity index (χ2v) is 3.81. The van der Waals surface area contributed by atoms with Gasteiger partial charge in [-0.3, -0.25) is 4.79 Å². The van der Waals surface area contributed by atoms with Crippen LogP contribution < -0.4 is 0 Å². The van der Waals surface area contributed by atoms with Crippen LogP contribution in [0.15, 0.2) is 24.3 Å². The maximum Gasteiger partial charge on any atom is 0.159 e. The molecule has 4 atom stereocenters. The van der Waals surface area contributed by atoms with E-state index < -0.39 is 0 Å². The lowest BCUT2D eigenvalue weighted by molar-refractivity contribution is -0.118. The van der Waals surface area contributed by atoms with Crippen LogP contribution in [0.5, 0.6) is 0 Å². The molecule has 0 unspecified atom stereocenters. The first kappa shape index (κ1) is 5.76. The minimum atomic E-state index is 0.338. The van der Waals surface area contributed by atoms with Gasteiger partial charge < -0.3 is 0 Å². The third-order valence-electron chi connectivity index (χ3n) is 3.33. The summed E-state index contributed by atoms with van der Waals surface area (Å²) in [5, 5.41) is 0. The van der Waals surface area contributed by atoms with Crippen LogP contribution in [-0.4, -0.2) is 5.78 Å². The number of carbonyl (C=O) groups is 1. The van der Waals surface area contributed by atoms with Gasteiger partial charge in [0.2, 0.25) is 0 Å². The Bertz CT molecular complexity index is 275. The molecule has 2 bridgehead atoms. The quantitative estimate of drug-likeness (QED) is 0.474. The van der Waals surface area contributed by atoms with Gasteiger partial charge >= 0.3 is 0 Å². The summed E-state index contributed by atoms with van der Waals surface area (Å²) in [6, 6.07) is 0. The fourth-order valence-electron chi connectivity index (χ4n) is 2.84. The standard InChI is InChI=1S/C10H10O/c11-9-4-3-8-6-1-2-7(5-6)10(8)9/h1-4,6-8,10H,5H2/t6-,7+,8+,10+/m0/s1. The minimum absolute atomic E-state index is 0.338. The lowest BCUT2D eigenvalue weighted by Crippen LogP contribution is -2.19. The molecule has 1 fully saturated rings. The van der Waals surface area contributed by atoms with E-state index in [-0.39, 0.29) is 0 Å². The Morgan fingerprint density at radius 2 is 2.00 bits per heavy atom. The van der Waals surface area contributed by atoms with Gasteiger partial charge in [0.1, 0.15) is 0 Å². The Kier molecular flexibility index (Phi) is 0.867. The van der Waals surface area contributed by atoms with E-state index in [4.69, 9.17) is 0 Å². The summed E-state index contributed by atoms with van der Waals surface area (Å²) < 4.78 is 0. The van der Waals surface area contributed by atoms with Gasteiger partial charge in [0.25, 0.3) is 0 Å². The molecule has 56 valence electrons. The first-order chi connectivity index (χ1) is 5.36. The Hall–Kier alpha value is -0.850. The summed E-state index contributed by atoms with van der Waals surface area (Å²) in [4.78, 5) is 11.3. The van der Waals surface area contributed by atoms with Gasteiger partial charge in [-0.1, -0.05) is 18.2 Å². The van der Waals surface area contributed by atoms with Gasteiger partial charge in [-0.05, 0) is 30.3 Å². The Labute approximate surface area is 65.8 Å². The van der Waals surface area contributed by atoms with E-state index in [2.05, 4.69) is 18.2 Å². The first-order valence-corrected chi connectivity index (χ1v) is 4.26. The zero-order valence-corrected chi connectivity index (χ0v) is 6.23. The van der Waals surface area contributed by atoms with Crippen molar-refractivity contribution in [3.05, 3.63) is 24.3 Å². The lowest BCUT2D eigenvalue weighted by Gasteiger charge is -2.17. The largest absolute Gasteiger partial charge is 0.295 e. The molecule has 0 aromatic heterocycles. The smallest absolute Gasteiger partial charge is 0.159 e. The molecule has 0 aromatic carbocycles. The summed E-state index contributed by atoms with van der Waals surface area (Å²) in [5.41, 5.74) is 0. The molecule has 3 aliphatic carbocycles. The van der Waals surface area contributed by atoms with Crippen molar-refractivity contribution in [1.29, 1.82) is 0 Å². The van der Waals surface area contributed by atoms with Crippen LogP contribution in [0.1, 0.15) is 6.42 Å². The maximum absolute atomic E-state index is 11.3. The zero-order valence-electron chi connectivity index (χ0n) is 6.23. The van der Waals surface area contributed by atoms with Crippen molar-refractivity contribution in [2.45, 2.75) is 6.42 Å². The van der Waals surface area contributed by atoms with E-state index in [0.717, 1.165) is 0 Å². The molecule has 3 aliphatic rings.